The molecule has 0 unspecified atom stereocenters. The summed E-state index contributed by atoms with van der Waals surface area (Å²) < 4.78 is 0. The molecule has 0 aliphatic rings. The van der Waals surface area contributed by atoms with E-state index < -0.39 is 11.9 Å². The molecule has 5 heteroatoms. The van der Waals surface area contributed by atoms with Gasteiger partial charge in [-0.15, -0.1) is 0 Å². The van der Waals surface area contributed by atoms with Crippen LogP contribution in [0.25, 0.3) is 0 Å². The fraction of sp³-hybridized carbons (Fsp3) is 0. The molecule has 0 radical (unpaired) electrons. The number of rotatable bonds is 2. The Kier molecular flexibility index (Phi) is 9.34. The van der Waals surface area contributed by atoms with Crippen molar-refractivity contribution in [3.05, 3.63) is 24.8 Å². The highest BCUT2D eigenvalue weighted by Gasteiger charge is 1.79. The smallest absolute Gasteiger partial charge is 0.329 e. The highest BCUT2D eigenvalue weighted by atomic mass is 16.4. The number of carboxylic acids is 2. The van der Waals surface area contributed by atoms with Gasteiger partial charge in [-0.05, 0) is 0 Å². The van der Waals surface area contributed by atoms with E-state index in [4.69, 9.17) is 15.5 Å². The Morgan fingerprint density at radius 2 is 1.75 bits per heavy atom. The predicted octanol–water partition coefficient (Wildman–Crippen LogP) is 0.408. The van der Waals surface area contributed by atoms with Crippen LogP contribution in [0, 0.1) is 11.3 Å². The second kappa shape index (κ2) is 8.91. The van der Waals surface area contributed by atoms with Crippen LogP contribution in [0.5, 0.6) is 0 Å². The summed E-state index contributed by atoms with van der Waals surface area (Å²) in [7, 11) is 0. The zero-order chi connectivity index (χ0) is 9.98. The first-order chi connectivity index (χ1) is 5.54. The van der Waals surface area contributed by atoms with E-state index in [0.717, 1.165) is 18.2 Å². The van der Waals surface area contributed by atoms with Crippen LogP contribution in [-0.4, -0.2) is 22.2 Å². The number of aliphatic carboxylic acids is 2. The van der Waals surface area contributed by atoms with Gasteiger partial charge in [0.25, 0.3) is 0 Å². The third-order valence-corrected chi connectivity index (χ3v) is 0.475. The topological polar surface area (TPSA) is 98.4 Å². The third kappa shape index (κ3) is 24.7. The van der Waals surface area contributed by atoms with Crippen molar-refractivity contribution in [3.63, 3.8) is 0 Å². The maximum atomic E-state index is 9.52. The Balaban J connectivity index is 0. The zero-order valence-electron chi connectivity index (χ0n) is 6.10. The zero-order valence-corrected chi connectivity index (χ0v) is 6.10. The lowest BCUT2D eigenvalue weighted by atomic mass is 10.5. The number of carbonyl (C=O) groups is 2. The van der Waals surface area contributed by atoms with Gasteiger partial charge in [0.2, 0.25) is 0 Å². The molecule has 2 N–H and O–H groups in total. The summed E-state index contributed by atoms with van der Waals surface area (Å²) in [4.78, 5) is 18.8. The lowest BCUT2D eigenvalue weighted by Crippen LogP contribution is -1.83. The monoisotopic (exact) mass is 169 g/mol. The van der Waals surface area contributed by atoms with Crippen LogP contribution in [0.1, 0.15) is 0 Å². The third-order valence-electron chi connectivity index (χ3n) is 0.475. The molecule has 0 aliphatic carbocycles. The molecule has 0 saturated carbocycles. The molecule has 0 heterocycles. The van der Waals surface area contributed by atoms with Gasteiger partial charge in [-0.1, -0.05) is 6.58 Å². The van der Waals surface area contributed by atoms with Crippen LogP contribution >= 0.6 is 0 Å². The molecule has 0 aromatic rings. The molecule has 0 amide bonds. The van der Waals surface area contributed by atoms with Crippen LogP contribution in [-0.2, 0) is 9.59 Å². The van der Waals surface area contributed by atoms with Crippen molar-refractivity contribution in [1.82, 2.24) is 0 Å². The molecular formula is C7H7NO4. The summed E-state index contributed by atoms with van der Waals surface area (Å²) in [6.07, 6.45) is 2.52. The maximum absolute atomic E-state index is 9.52. The summed E-state index contributed by atoms with van der Waals surface area (Å²) in [5, 5.41) is 23.1. The standard InChI is InChI=1S/C4H3NO2.C3H4O2/c5-3-1-2-4(6)7;1-2-3(4)5/h1-2H,(H,6,7);2H,1H2,(H,4,5). The molecule has 0 bridgehead atoms. The number of hydrogen-bond acceptors (Lipinski definition) is 3. The quantitative estimate of drug-likeness (QED) is 0.460. The molecule has 0 saturated heterocycles. The van der Waals surface area contributed by atoms with Crippen LogP contribution in [0.2, 0.25) is 0 Å². The minimum atomic E-state index is -1.10. The van der Waals surface area contributed by atoms with Gasteiger partial charge >= 0.3 is 11.9 Å². The summed E-state index contributed by atoms with van der Waals surface area (Å²) in [6.45, 7) is 2.96. The molecule has 0 rings (SSSR count). The first kappa shape index (κ1) is 12.6. The van der Waals surface area contributed by atoms with Gasteiger partial charge in [-0.25, -0.2) is 9.59 Å². The Morgan fingerprint density at radius 1 is 1.33 bits per heavy atom. The van der Waals surface area contributed by atoms with Gasteiger partial charge in [-0.2, -0.15) is 5.26 Å². The van der Waals surface area contributed by atoms with Gasteiger partial charge in [-0.3, -0.25) is 0 Å². The van der Waals surface area contributed by atoms with E-state index in [1.54, 1.807) is 0 Å². The van der Waals surface area contributed by atoms with Crippen molar-refractivity contribution in [2.75, 3.05) is 0 Å². The van der Waals surface area contributed by atoms with E-state index >= 15 is 0 Å². The van der Waals surface area contributed by atoms with E-state index in [9.17, 15) is 9.59 Å². The molecule has 0 atom stereocenters. The number of nitrogens with zero attached hydrogens (tertiary/aromatic N) is 1. The molecule has 12 heavy (non-hydrogen) atoms. The van der Waals surface area contributed by atoms with Gasteiger partial charge in [0.15, 0.2) is 0 Å². The summed E-state index contributed by atoms with van der Waals surface area (Å²) in [6, 6.07) is 1.54. The number of allylic oxidation sites excluding steroid dienone is 1. The molecule has 0 fully saturated rings. The average molecular weight is 169 g/mol. The highest BCUT2D eigenvalue weighted by Crippen LogP contribution is 1.66. The van der Waals surface area contributed by atoms with Gasteiger partial charge in [0.05, 0.1) is 6.07 Å². The van der Waals surface area contributed by atoms with Crippen molar-refractivity contribution < 1.29 is 19.8 Å². The molecule has 64 valence electrons. The van der Waals surface area contributed by atoms with Crippen molar-refractivity contribution >= 4 is 11.9 Å². The van der Waals surface area contributed by atoms with Crippen molar-refractivity contribution in [2.45, 2.75) is 0 Å². The first-order valence-corrected chi connectivity index (χ1v) is 2.69. The lowest BCUT2D eigenvalue weighted by molar-refractivity contribution is -0.132. The van der Waals surface area contributed by atoms with E-state index in [1.165, 1.54) is 6.07 Å². The van der Waals surface area contributed by atoms with E-state index in [0.29, 0.717) is 0 Å². The fourth-order valence-corrected chi connectivity index (χ4v) is 0.109. The number of nitriles is 1. The summed E-state index contributed by atoms with van der Waals surface area (Å²) >= 11 is 0. The Hall–Kier alpha value is -2.09. The van der Waals surface area contributed by atoms with Crippen LogP contribution in [0.15, 0.2) is 24.8 Å². The van der Waals surface area contributed by atoms with Gasteiger partial charge in [0.1, 0.15) is 0 Å². The summed E-state index contributed by atoms with van der Waals surface area (Å²) in [5.74, 6) is -2.08. The van der Waals surface area contributed by atoms with Crippen molar-refractivity contribution in [3.8, 4) is 6.07 Å². The van der Waals surface area contributed by atoms with Gasteiger partial charge in [0, 0.05) is 18.2 Å². The molecule has 0 aromatic carbocycles. The fourth-order valence-electron chi connectivity index (χ4n) is 0.109. The van der Waals surface area contributed by atoms with Gasteiger partial charge < -0.3 is 10.2 Å². The van der Waals surface area contributed by atoms with Crippen molar-refractivity contribution in [2.24, 2.45) is 0 Å². The summed E-state index contributed by atoms with van der Waals surface area (Å²) in [5.41, 5.74) is 0. The normalized spacial score (nSPS) is 7.58. The number of carboxylic acid groups (broad SMARTS) is 2. The molecular weight excluding hydrogens is 162 g/mol. The second-order valence-corrected chi connectivity index (χ2v) is 1.34. The van der Waals surface area contributed by atoms with E-state index in [2.05, 4.69) is 6.58 Å². The predicted molar refractivity (Wildman–Crippen MR) is 40.2 cm³/mol. The SMILES string of the molecule is C=CC(=O)O.N#CC=CC(=O)O. The lowest BCUT2D eigenvalue weighted by Gasteiger charge is -1.67. The molecule has 5 nitrogen and oxygen atoms in total. The van der Waals surface area contributed by atoms with Crippen LogP contribution in [0.3, 0.4) is 0 Å². The Morgan fingerprint density at radius 3 is 1.83 bits per heavy atom. The van der Waals surface area contributed by atoms with Crippen molar-refractivity contribution in [1.29, 1.82) is 5.26 Å². The van der Waals surface area contributed by atoms with Crippen LogP contribution < -0.4 is 0 Å². The Bertz CT molecular complexity index is 236. The van der Waals surface area contributed by atoms with Crippen LogP contribution in [0.4, 0.5) is 0 Å². The Labute approximate surface area is 68.9 Å². The highest BCUT2D eigenvalue weighted by molar-refractivity contribution is 5.80. The largest absolute Gasteiger partial charge is 0.478 e. The van der Waals surface area contributed by atoms with E-state index in [1.807, 2.05) is 0 Å². The molecule has 0 aliphatic heterocycles. The minimum absolute atomic E-state index is 0.778. The average Bonchev–Trinajstić information content (AvgIpc) is 2.02. The molecule has 0 spiro atoms. The second-order valence-electron chi connectivity index (χ2n) is 1.34. The van der Waals surface area contributed by atoms with E-state index in [-0.39, 0.29) is 0 Å². The first-order valence-electron chi connectivity index (χ1n) is 2.69. The number of hydrogen-bond donors (Lipinski definition) is 2. The minimum Gasteiger partial charge on any atom is -0.478 e. The molecule has 0 aromatic heterocycles. The maximum Gasteiger partial charge on any atom is 0.329 e.